The fourth-order valence-corrected chi connectivity index (χ4v) is 3.80. The van der Waals surface area contributed by atoms with E-state index in [0.717, 1.165) is 17.5 Å². The van der Waals surface area contributed by atoms with Gasteiger partial charge in [-0.15, -0.1) is 11.3 Å². The molecule has 1 aliphatic rings. The van der Waals surface area contributed by atoms with E-state index in [4.69, 9.17) is 4.74 Å². The van der Waals surface area contributed by atoms with Crippen LogP contribution in [0.15, 0.2) is 24.3 Å². The van der Waals surface area contributed by atoms with E-state index in [-0.39, 0.29) is 5.82 Å². The summed E-state index contributed by atoms with van der Waals surface area (Å²) >= 11 is 1.18. The largest absolute Gasteiger partial charge is 0.451 e. The van der Waals surface area contributed by atoms with Crippen LogP contribution in [-0.2, 0) is 9.53 Å². The molecule has 1 saturated carbocycles. The zero-order valence-electron chi connectivity index (χ0n) is 12.8. The van der Waals surface area contributed by atoms with Crippen LogP contribution in [0.4, 0.5) is 4.39 Å². The molecule has 5 nitrogen and oxygen atoms in total. The molecule has 7 heteroatoms. The third-order valence-corrected chi connectivity index (χ3v) is 5.16. The van der Waals surface area contributed by atoms with Crippen molar-refractivity contribution in [2.75, 3.05) is 6.61 Å². The average Bonchev–Trinajstić information content (AvgIpc) is 3.19. The molecule has 0 unspecified atom stereocenters. The number of rotatable bonds is 4. The number of benzene rings is 1. The lowest BCUT2D eigenvalue weighted by molar-refractivity contribution is -0.125. The van der Waals surface area contributed by atoms with Gasteiger partial charge < -0.3 is 10.1 Å². The predicted octanol–water partition coefficient (Wildman–Crippen LogP) is 3.15. The van der Waals surface area contributed by atoms with Gasteiger partial charge in [-0.05, 0) is 55.3 Å². The SMILES string of the molecule is N#CC1(NC(=O)COC(=O)c2cc3cc(F)ccc3s2)CCCC1. The summed E-state index contributed by atoms with van der Waals surface area (Å²) in [5.74, 6) is -1.50. The standard InChI is InChI=1S/C17H15FN2O3S/c18-12-3-4-13-11(7-12)8-14(24-13)16(22)23-9-15(21)20-17(10-19)5-1-2-6-17/h3-4,7-8H,1-2,5-6,9H2,(H,20,21). The van der Waals surface area contributed by atoms with Crippen molar-refractivity contribution in [1.29, 1.82) is 5.26 Å². The molecule has 0 atom stereocenters. The van der Waals surface area contributed by atoms with E-state index in [1.54, 1.807) is 6.07 Å². The van der Waals surface area contributed by atoms with E-state index in [2.05, 4.69) is 11.4 Å². The molecule has 2 aromatic rings. The molecule has 0 aliphatic heterocycles. The highest BCUT2D eigenvalue weighted by molar-refractivity contribution is 7.20. The normalized spacial score (nSPS) is 15.8. The topological polar surface area (TPSA) is 79.2 Å². The smallest absolute Gasteiger partial charge is 0.348 e. The highest BCUT2D eigenvalue weighted by Gasteiger charge is 2.35. The summed E-state index contributed by atoms with van der Waals surface area (Å²) in [4.78, 5) is 24.3. The molecule has 1 amide bonds. The number of carbonyl (C=O) groups is 2. The second-order valence-corrected chi connectivity index (χ2v) is 6.90. The van der Waals surface area contributed by atoms with Crippen molar-refractivity contribution in [1.82, 2.24) is 5.32 Å². The average molecular weight is 346 g/mol. The number of halogens is 1. The monoisotopic (exact) mass is 346 g/mol. The van der Waals surface area contributed by atoms with Crippen LogP contribution >= 0.6 is 11.3 Å². The Morgan fingerprint density at radius 3 is 2.79 bits per heavy atom. The first-order valence-corrected chi connectivity index (χ1v) is 8.41. The summed E-state index contributed by atoms with van der Waals surface area (Å²) in [6.07, 6.45) is 3.02. The van der Waals surface area contributed by atoms with E-state index < -0.39 is 24.0 Å². The number of thiophene rings is 1. The summed E-state index contributed by atoms with van der Waals surface area (Å²) in [5, 5.41) is 12.5. The Hall–Kier alpha value is -2.46. The van der Waals surface area contributed by atoms with Gasteiger partial charge in [0.1, 0.15) is 16.2 Å². The minimum Gasteiger partial charge on any atom is -0.451 e. The first-order valence-electron chi connectivity index (χ1n) is 7.60. The zero-order valence-corrected chi connectivity index (χ0v) is 13.6. The molecule has 3 rings (SSSR count). The second-order valence-electron chi connectivity index (χ2n) is 5.82. The van der Waals surface area contributed by atoms with Gasteiger partial charge in [-0.1, -0.05) is 0 Å². The van der Waals surface area contributed by atoms with Crippen molar-refractivity contribution in [2.24, 2.45) is 0 Å². The predicted molar refractivity (Wildman–Crippen MR) is 87.0 cm³/mol. The number of fused-ring (bicyclic) bond motifs is 1. The van der Waals surface area contributed by atoms with E-state index >= 15 is 0 Å². The lowest BCUT2D eigenvalue weighted by atomic mass is 10.00. The maximum atomic E-state index is 13.2. The molecule has 0 spiro atoms. The molecule has 1 aromatic carbocycles. The molecule has 124 valence electrons. The Labute approximate surface area is 142 Å². The quantitative estimate of drug-likeness (QED) is 0.863. The number of carbonyl (C=O) groups excluding carboxylic acids is 2. The lowest BCUT2D eigenvalue weighted by Crippen LogP contribution is -2.46. The Bertz CT molecular complexity index is 834. The van der Waals surface area contributed by atoms with Gasteiger partial charge in [0, 0.05) is 4.70 Å². The van der Waals surface area contributed by atoms with Crippen LogP contribution in [0, 0.1) is 17.1 Å². The van der Waals surface area contributed by atoms with Crippen LogP contribution < -0.4 is 5.32 Å². The maximum absolute atomic E-state index is 13.2. The van der Waals surface area contributed by atoms with Crippen molar-refractivity contribution in [3.05, 3.63) is 35.0 Å². The summed E-state index contributed by atoms with van der Waals surface area (Å²) in [6, 6.07) is 7.94. The van der Waals surface area contributed by atoms with Crippen LogP contribution in [0.1, 0.15) is 35.4 Å². The fourth-order valence-electron chi connectivity index (χ4n) is 2.86. The second kappa shape index (κ2) is 6.57. The number of ether oxygens (including phenoxy) is 1. The van der Waals surface area contributed by atoms with Crippen LogP contribution in [0.3, 0.4) is 0 Å². The van der Waals surface area contributed by atoms with Gasteiger partial charge in [-0.25, -0.2) is 9.18 Å². The summed E-state index contributed by atoms with van der Waals surface area (Å²) in [5.41, 5.74) is -0.835. The van der Waals surface area contributed by atoms with Gasteiger partial charge in [0.2, 0.25) is 0 Å². The first-order chi connectivity index (χ1) is 11.5. The number of nitriles is 1. The molecule has 0 radical (unpaired) electrons. The van der Waals surface area contributed by atoms with Crippen LogP contribution in [0.25, 0.3) is 10.1 Å². The molecule has 1 fully saturated rings. The van der Waals surface area contributed by atoms with Crippen LogP contribution in [0.2, 0.25) is 0 Å². The number of hydrogen-bond acceptors (Lipinski definition) is 5. The molecular formula is C17H15FN2O3S. The summed E-state index contributed by atoms with van der Waals surface area (Å²) in [6.45, 7) is -0.440. The minimum absolute atomic E-state index is 0.305. The van der Waals surface area contributed by atoms with Gasteiger partial charge in [0.05, 0.1) is 6.07 Å². The highest BCUT2D eigenvalue weighted by Crippen LogP contribution is 2.29. The zero-order chi connectivity index (χ0) is 17.2. The van der Waals surface area contributed by atoms with Gasteiger partial charge in [-0.3, -0.25) is 4.79 Å². The number of nitrogens with zero attached hydrogens (tertiary/aromatic N) is 1. The van der Waals surface area contributed by atoms with Crippen molar-refractivity contribution in [2.45, 2.75) is 31.2 Å². The molecule has 0 bridgehead atoms. The Balaban J connectivity index is 1.60. The number of nitrogens with one attached hydrogen (secondary N) is 1. The van der Waals surface area contributed by atoms with Crippen molar-refractivity contribution in [3.63, 3.8) is 0 Å². The third kappa shape index (κ3) is 3.39. The molecule has 1 N–H and O–H groups in total. The van der Waals surface area contributed by atoms with E-state index in [0.29, 0.717) is 23.1 Å². The van der Waals surface area contributed by atoms with Crippen LogP contribution in [-0.4, -0.2) is 24.0 Å². The highest BCUT2D eigenvalue weighted by atomic mass is 32.1. The van der Waals surface area contributed by atoms with Crippen molar-refractivity contribution >= 4 is 33.3 Å². The van der Waals surface area contributed by atoms with E-state index in [1.165, 1.54) is 29.5 Å². The van der Waals surface area contributed by atoms with Crippen molar-refractivity contribution < 1.29 is 18.7 Å². The summed E-state index contributed by atoms with van der Waals surface area (Å²) < 4.78 is 18.9. The Morgan fingerprint density at radius 2 is 2.08 bits per heavy atom. The number of hydrogen-bond donors (Lipinski definition) is 1. The van der Waals surface area contributed by atoms with Gasteiger partial charge in [-0.2, -0.15) is 5.26 Å². The molecule has 0 saturated heterocycles. The van der Waals surface area contributed by atoms with Gasteiger partial charge in [0.25, 0.3) is 5.91 Å². The van der Waals surface area contributed by atoms with Crippen molar-refractivity contribution in [3.8, 4) is 6.07 Å². The number of esters is 1. The Morgan fingerprint density at radius 1 is 1.33 bits per heavy atom. The maximum Gasteiger partial charge on any atom is 0.348 e. The van der Waals surface area contributed by atoms with E-state index in [1.807, 2.05) is 0 Å². The molecule has 1 aliphatic carbocycles. The molecule has 1 aromatic heterocycles. The van der Waals surface area contributed by atoms with Crippen LogP contribution in [0.5, 0.6) is 0 Å². The Kier molecular flexibility index (Phi) is 4.49. The summed E-state index contributed by atoms with van der Waals surface area (Å²) in [7, 11) is 0. The first kappa shape index (κ1) is 16.4. The lowest BCUT2D eigenvalue weighted by Gasteiger charge is -2.21. The number of amides is 1. The van der Waals surface area contributed by atoms with E-state index in [9.17, 15) is 19.2 Å². The minimum atomic E-state index is -0.835. The van der Waals surface area contributed by atoms with Gasteiger partial charge in [0.15, 0.2) is 6.61 Å². The molecule has 24 heavy (non-hydrogen) atoms. The van der Waals surface area contributed by atoms with Gasteiger partial charge >= 0.3 is 5.97 Å². The molecular weight excluding hydrogens is 331 g/mol. The fraction of sp³-hybridized carbons (Fsp3) is 0.353. The third-order valence-electron chi connectivity index (χ3n) is 4.06. The molecule has 1 heterocycles.